The Labute approximate surface area is 186 Å². The van der Waals surface area contributed by atoms with Crippen molar-refractivity contribution < 1.29 is 9.47 Å². The van der Waals surface area contributed by atoms with Crippen molar-refractivity contribution in [2.24, 2.45) is 16.3 Å². The summed E-state index contributed by atoms with van der Waals surface area (Å²) >= 11 is 0. The minimum Gasteiger partial charge on any atom is -0.473 e. The molecule has 2 atom stereocenters. The molecule has 2 N–H and O–H groups in total. The highest BCUT2D eigenvalue weighted by Crippen LogP contribution is 2.33. The van der Waals surface area contributed by atoms with Gasteiger partial charge in [-0.2, -0.15) is 0 Å². The van der Waals surface area contributed by atoms with Gasteiger partial charge in [-0.25, -0.2) is 4.98 Å². The van der Waals surface area contributed by atoms with Crippen LogP contribution < -0.4 is 15.4 Å². The van der Waals surface area contributed by atoms with Crippen LogP contribution in [0.2, 0.25) is 0 Å². The van der Waals surface area contributed by atoms with Crippen LogP contribution in [0, 0.1) is 11.3 Å². The van der Waals surface area contributed by atoms with Gasteiger partial charge in [0.15, 0.2) is 5.96 Å². The van der Waals surface area contributed by atoms with Crippen LogP contribution in [0.4, 0.5) is 0 Å². The van der Waals surface area contributed by atoms with Crippen molar-refractivity contribution in [1.82, 2.24) is 15.6 Å². The van der Waals surface area contributed by atoms with E-state index in [1.165, 1.54) is 6.42 Å². The Morgan fingerprint density at radius 3 is 2.71 bits per heavy atom. The molecule has 3 rings (SSSR count). The molecule has 1 fully saturated rings. The molecule has 2 unspecified atom stereocenters. The Kier molecular flexibility index (Phi) is 8.29. The molecule has 0 saturated carbocycles. The summed E-state index contributed by atoms with van der Waals surface area (Å²) < 4.78 is 11.9. The minimum atomic E-state index is 0.136. The molecule has 1 aromatic heterocycles. The number of guanidine groups is 1. The molecule has 0 spiro atoms. The molecule has 2 aromatic rings. The maximum absolute atomic E-state index is 6.10. The zero-order chi connectivity index (χ0) is 22.1. The van der Waals surface area contributed by atoms with Gasteiger partial charge in [-0.1, -0.05) is 51.1 Å². The van der Waals surface area contributed by atoms with E-state index in [9.17, 15) is 0 Å². The lowest BCUT2D eigenvalue weighted by atomic mass is 9.78. The molecule has 168 valence electrons. The van der Waals surface area contributed by atoms with Crippen molar-refractivity contribution in [2.45, 2.75) is 52.9 Å². The van der Waals surface area contributed by atoms with E-state index in [1.807, 2.05) is 42.5 Å². The van der Waals surface area contributed by atoms with Crippen LogP contribution in [0.3, 0.4) is 0 Å². The Hall–Kier alpha value is -2.60. The number of ether oxygens (including phenoxy) is 2. The molecule has 1 aliphatic heterocycles. The molecule has 2 heterocycles. The first kappa shape index (κ1) is 23.1. The zero-order valence-electron chi connectivity index (χ0n) is 19.2. The van der Waals surface area contributed by atoms with Gasteiger partial charge in [-0.05, 0) is 35.4 Å². The first-order chi connectivity index (χ1) is 15.0. The number of pyridine rings is 1. The van der Waals surface area contributed by atoms with E-state index in [0.29, 0.717) is 24.9 Å². The third kappa shape index (κ3) is 7.24. The van der Waals surface area contributed by atoms with Gasteiger partial charge in [0, 0.05) is 44.9 Å². The predicted octanol–water partition coefficient (Wildman–Crippen LogP) is 4.17. The Morgan fingerprint density at radius 2 is 1.97 bits per heavy atom. The number of benzene rings is 1. The summed E-state index contributed by atoms with van der Waals surface area (Å²) in [6, 6.07) is 14.1. The molecule has 1 saturated heterocycles. The normalized spacial score (nSPS) is 19.7. The largest absolute Gasteiger partial charge is 0.473 e. The smallest absolute Gasteiger partial charge is 0.213 e. The van der Waals surface area contributed by atoms with E-state index >= 15 is 0 Å². The van der Waals surface area contributed by atoms with Crippen LogP contribution in [0.5, 0.6) is 5.88 Å². The molecule has 1 aromatic carbocycles. The van der Waals surface area contributed by atoms with Crippen LogP contribution in [-0.4, -0.2) is 37.2 Å². The number of rotatable bonds is 7. The molecule has 0 amide bonds. The summed E-state index contributed by atoms with van der Waals surface area (Å²) in [5.74, 6) is 1.89. The van der Waals surface area contributed by atoms with Crippen LogP contribution in [0.1, 0.15) is 44.7 Å². The third-order valence-electron chi connectivity index (χ3n) is 5.54. The first-order valence-electron chi connectivity index (χ1n) is 11.1. The number of aromatic nitrogens is 1. The summed E-state index contributed by atoms with van der Waals surface area (Å²) in [5.41, 5.74) is 2.35. The topological polar surface area (TPSA) is 67.8 Å². The zero-order valence-corrected chi connectivity index (χ0v) is 19.2. The summed E-state index contributed by atoms with van der Waals surface area (Å²) in [4.78, 5) is 8.70. The number of nitrogens with one attached hydrogen (secondary N) is 2. The number of nitrogens with zero attached hydrogens (tertiary/aromatic N) is 2. The average Bonchev–Trinajstić information content (AvgIpc) is 2.78. The van der Waals surface area contributed by atoms with Gasteiger partial charge >= 0.3 is 0 Å². The third-order valence-corrected chi connectivity index (χ3v) is 5.54. The highest BCUT2D eigenvalue weighted by molar-refractivity contribution is 5.79. The number of aliphatic imine (C=N–C) groups is 1. The van der Waals surface area contributed by atoms with Gasteiger partial charge in [0.2, 0.25) is 5.88 Å². The maximum atomic E-state index is 6.10. The van der Waals surface area contributed by atoms with Gasteiger partial charge in [-0.3, -0.25) is 4.99 Å². The van der Waals surface area contributed by atoms with Crippen LogP contribution >= 0.6 is 0 Å². The van der Waals surface area contributed by atoms with Crippen molar-refractivity contribution in [3.05, 3.63) is 59.8 Å². The van der Waals surface area contributed by atoms with Crippen molar-refractivity contribution in [2.75, 3.05) is 20.2 Å². The lowest BCUT2D eigenvalue weighted by molar-refractivity contribution is -0.0835. The fourth-order valence-corrected chi connectivity index (χ4v) is 4.01. The molecule has 0 bridgehead atoms. The standard InChI is InChI=1S/C25H36N4O2/c1-25(2,3)23-21(11-8-14-30-23)17-29-24(26-4)28-16-20-12-13-27-22(15-20)31-18-19-9-6-5-7-10-19/h5-7,9-10,12-13,15,21,23H,8,11,14,16-18H2,1-4H3,(H2,26,28,29). The van der Waals surface area contributed by atoms with Gasteiger partial charge in [-0.15, -0.1) is 0 Å². The van der Waals surface area contributed by atoms with E-state index in [-0.39, 0.29) is 11.5 Å². The molecule has 6 nitrogen and oxygen atoms in total. The van der Waals surface area contributed by atoms with Gasteiger partial charge in [0.05, 0.1) is 6.10 Å². The Balaban J connectivity index is 1.49. The highest BCUT2D eigenvalue weighted by atomic mass is 16.5. The van der Waals surface area contributed by atoms with Gasteiger partial charge in [0.1, 0.15) is 6.61 Å². The lowest BCUT2D eigenvalue weighted by Crippen LogP contribution is -2.47. The SMILES string of the molecule is CN=C(NCc1ccnc(OCc2ccccc2)c1)NCC1CCCOC1C(C)(C)C. The van der Waals surface area contributed by atoms with Gasteiger partial charge < -0.3 is 20.1 Å². The quantitative estimate of drug-likeness (QED) is 0.516. The Morgan fingerprint density at radius 1 is 1.16 bits per heavy atom. The molecule has 6 heteroatoms. The Bertz CT molecular complexity index is 833. The molecule has 1 aliphatic rings. The van der Waals surface area contributed by atoms with E-state index in [0.717, 1.165) is 36.7 Å². The average molecular weight is 425 g/mol. The van der Waals surface area contributed by atoms with E-state index in [2.05, 4.69) is 41.4 Å². The molecule has 0 aliphatic carbocycles. The summed E-state index contributed by atoms with van der Waals surface area (Å²) in [6.07, 6.45) is 4.34. The first-order valence-corrected chi connectivity index (χ1v) is 11.1. The molecule has 31 heavy (non-hydrogen) atoms. The fraction of sp³-hybridized carbons (Fsp3) is 0.520. The maximum Gasteiger partial charge on any atom is 0.213 e. The van der Waals surface area contributed by atoms with Crippen molar-refractivity contribution in [3.63, 3.8) is 0 Å². The second-order valence-electron chi connectivity index (χ2n) is 9.14. The molecular weight excluding hydrogens is 388 g/mol. The van der Waals surface area contributed by atoms with Crippen LogP contribution in [0.25, 0.3) is 0 Å². The van der Waals surface area contributed by atoms with Crippen LogP contribution in [-0.2, 0) is 17.9 Å². The van der Waals surface area contributed by atoms with Crippen LogP contribution in [0.15, 0.2) is 53.7 Å². The van der Waals surface area contributed by atoms with Gasteiger partial charge in [0.25, 0.3) is 0 Å². The van der Waals surface area contributed by atoms with E-state index in [4.69, 9.17) is 9.47 Å². The summed E-state index contributed by atoms with van der Waals surface area (Å²) in [5, 5.41) is 6.88. The fourth-order valence-electron chi connectivity index (χ4n) is 4.01. The van der Waals surface area contributed by atoms with Crippen molar-refractivity contribution >= 4 is 5.96 Å². The van der Waals surface area contributed by atoms with Crippen molar-refractivity contribution in [3.8, 4) is 5.88 Å². The predicted molar refractivity (Wildman–Crippen MR) is 125 cm³/mol. The molecule has 0 radical (unpaired) electrons. The lowest BCUT2D eigenvalue weighted by Gasteiger charge is -2.40. The summed E-state index contributed by atoms with van der Waals surface area (Å²) in [6.45, 7) is 9.63. The van der Waals surface area contributed by atoms with E-state index in [1.54, 1.807) is 13.2 Å². The number of hydrogen-bond donors (Lipinski definition) is 2. The second-order valence-corrected chi connectivity index (χ2v) is 9.14. The van der Waals surface area contributed by atoms with E-state index < -0.39 is 0 Å². The highest BCUT2D eigenvalue weighted by Gasteiger charge is 2.35. The summed E-state index contributed by atoms with van der Waals surface area (Å²) in [7, 11) is 1.80. The van der Waals surface area contributed by atoms with Crippen molar-refractivity contribution in [1.29, 1.82) is 0 Å². The minimum absolute atomic E-state index is 0.136. The second kappa shape index (κ2) is 11.1. The number of hydrogen-bond acceptors (Lipinski definition) is 4. The molecular formula is C25H36N4O2. The monoisotopic (exact) mass is 424 g/mol.